The molecule has 0 spiro atoms. The zero-order valence-corrected chi connectivity index (χ0v) is 20.7. The number of anilines is 2. The summed E-state index contributed by atoms with van der Waals surface area (Å²) in [6, 6.07) is 12.9. The van der Waals surface area contributed by atoms with Crippen LogP contribution in [0.5, 0.6) is 17.2 Å². The number of para-hydroxylation sites is 1. The first-order valence-electron chi connectivity index (χ1n) is 11.8. The molecule has 0 radical (unpaired) electrons. The third-order valence-corrected chi connectivity index (χ3v) is 6.43. The Morgan fingerprint density at radius 1 is 0.853 bits per heavy atom. The molecule has 0 atom stereocenters. The zero-order chi connectivity index (χ0) is 24.1. The average molecular weight is 466 g/mol. The van der Waals surface area contributed by atoms with Gasteiger partial charge in [-0.25, -0.2) is 4.98 Å². The van der Waals surface area contributed by atoms with Gasteiger partial charge < -0.3 is 29.7 Å². The number of hydrogen-bond donors (Lipinski definition) is 2. The summed E-state index contributed by atoms with van der Waals surface area (Å²) in [5, 5.41) is 8.34. The van der Waals surface area contributed by atoms with Gasteiger partial charge in [0.15, 0.2) is 11.5 Å². The Morgan fingerprint density at radius 3 is 2.24 bits per heavy atom. The molecule has 0 amide bonds. The Hall–Kier alpha value is -3.26. The van der Waals surface area contributed by atoms with Crippen molar-refractivity contribution >= 4 is 22.7 Å². The van der Waals surface area contributed by atoms with Crippen molar-refractivity contribution in [3.05, 3.63) is 42.0 Å². The van der Waals surface area contributed by atoms with Crippen LogP contribution in [0, 0.1) is 0 Å². The molecule has 8 nitrogen and oxygen atoms in total. The van der Waals surface area contributed by atoms with Gasteiger partial charge in [-0.3, -0.25) is 0 Å². The first kappa shape index (κ1) is 23.9. The molecule has 0 bridgehead atoms. The third-order valence-electron chi connectivity index (χ3n) is 6.43. The molecular weight excluding hydrogens is 430 g/mol. The van der Waals surface area contributed by atoms with Crippen LogP contribution < -0.4 is 29.7 Å². The van der Waals surface area contributed by atoms with Crippen LogP contribution >= 0.6 is 0 Å². The third kappa shape index (κ3) is 5.12. The minimum Gasteiger partial charge on any atom is -0.493 e. The van der Waals surface area contributed by atoms with Crippen molar-refractivity contribution in [2.45, 2.75) is 44.3 Å². The molecule has 4 rings (SSSR count). The first-order valence-corrected chi connectivity index (χ1v) is 11.8. The number of nitrogens with one attached hydrogen (secondary N) is 2. The topological polar surface area (TPSA) is 80.8 Å². The summed E-state index contributed by atoms with van der Waals surface area (Å²) < 4.78 is 16.5. The molecule has 8 heteroatoms. The van der Waals surface area contributed by atoms with Gasteiger partial charge in [0.25, 0.3) is 0 Å². The van der Waals surface area contributed by atoms with Gasteiger partial charge in [0, 0.05) is 43.7 Å². The number of nitrogens with zero attached hydrogens (tertiary/aromatic N) is 3. The van der Waals surface area contributed by atoms with E-state index >= 15 is 0 Å². The van der Waals surface area contributed by atoms with Crippen molar-refractivity contribution in [2.24, 2.45) is 0 Å². The molecule has 3 aromatic rings. The zero-order valence-electron chi connectivity index (χ0n) is 20.7. The molecule has 34 heavy (non-hydrogen) atoms. The lowest BCUT2D eigenvalue weighted by Gasteiger charge is -2.30. The largest absolute Gasteiger partial charge is 0.493 e. The molecule has 0 unspecified atom stereocenters. The van der Waals surface area contributed by atoms with E-state index in [0.29, 0.717) is 36.1 Å². The minimum atomic E-state index is 0.366. The van der Waals surface area contributed by atoms with E-state index in [9.17, 15) is 0 Å². The van der Waals surface area contributed by atoms with E-state index in [4.69, 9.17) is 24.2 Å². The Kier molecular flexibility index (Phi) is 7.57. The Morgan fingerprint density at radius 2 is 1.56 bits per heavy atom. The van der Waals surface area contributed by atoms with E-state index in [-0.39, 0.29) is 0 Å². The minimum absolute atomic E-state index is 0.366. The molecule has 1 aromatic heterocycles. The SMILES string of the molecule is COc1ccc(CNC2CCC(Nc3nc(N(C)C)c4ccccc4n3)CC2)c(OC)c1OC. The number of rotatable bonds is 9. The lowest BCUT2D eigenvalue weighted by molar-refractivity contribution is 0.318. The molecular formula is C26H35N5O3. The predicted octanol–water partition coefficient (Wildman–Crippen LogP) is 4.23. The monoisotopic (exact) mass is 465 g/mol. The van der Waals surface area contributed by atoms with Gasteiger partial charge in [0.1, 0.15) is 5.82 Å². The number of fused-ring (bicyclic) bond motifs is 1. The van der Waals surface area contributed by atoms with Crippen LogP contribution in [-0.4, -0.2) is 57.5 Å². The predicted molar refractivity (Wildman–Crippen MR) is 136 cm³/mol. The van der Waals surface area contributed by atoms with Crippen molar-refractivity contribution < 1.29 is 14.2 Å². The van der Waals surface area contributed by atoms with E-state index in [1.54, 1.807) is 21.3 Å². The summed E-state index contributed by atoms with van der Waals surface area (Å²) in [7, 11) is 8.96. The Bertz CT molecular complexity index is 1110. The molecule has 2 N–H and O–H groups in total. The fourth-order valence-corrected chi connectivity index (χ4v) is 4.65. The van der Waals surface area contributed by atoms with Crippen LogP contribution in [0.1, 0.15) is 31.2 Å². The van der Waals surface area contributed by atoms with Crippen molar-refractivity contribution in [2.75, 3.05) is 45.6 Å². The number of ether oxygens (including phenoxy) is 3. The van der Waals surface area contributed by atoms with Crippen molar-refractivity contribution in [1.29, 1.82) is 0 Å². The van der Waals surface area contributed by atoms with E-state index in [0.717, 1.165) is 53.7 Å². The normalized spacial score (nSPS) is 17.9. The Balaban J connectivity index is 1.36. The first-order chi connectivity index (χ1) is 16.5. The number of methoxy groups -OCH3 is 3. The van der Waals surface area contributed by atoms with Crippen molar-refractivity contribution in [3.63, 3.8) is 0 Å². The highest BCUT2D eigenvalue weighted by atomic mass is 16.5. The van der Waals surface area contributed by atoms with Gasteiger partial charge >= 0.3 is 0 Å². The molecule has 1 aliphatic rings. The molecule has 1 aliphatic carbocycles. The average Bonchev–Trinajstić information content (AvgIpc) is 2.87. The lowest BCUT2D eigenvalue weighted by atomic mass is 9.91. The summed E-state index contributed by atoms with van der Waals surface area (Å²) >= 11 is 0. The van der Waals surface area contributed by atoms with E-state index in [1.807, 2.05) is 49.3 Å². The fraction of sp³-hybridized carbons (Fsp3) is 0.462. The highest BCUT2D eigenvalue weighted by Crippen LogP contribution is 2.39. The van der Waals surface area contributed by atoms with Gasteiger partial charge in [-0.15, -0.1) is 0 Å². The highest BCUT2D eigenvalue weighted by molar-refractivity contribution is 5.90. The molecule has 1 fully saturated rings. The summed E-state index contributed by atoms with van der Waals surface area (Å²) in [6.07, 6.45) is 4.30. The number of hydrogen-bond acceptors (Lipinski definition) is 8. The van der Waals surface area contributed by atoms with Gasteiger partial charge in [0.2, 0.25) is 11.7 Å². The second-order valence-corrected chi connectivity index (χ2v) is 8.85. The molecule has 2 aromatic carbocycles. The lowest BCUT2D eigenvalue weighted by Crippen LogP contribution is -2.37. The van der Waals surface area contributed by atoms with Crippen LogP contribution in [0.2, 0.25) is 0 Å². The van der Waals surface area contributed by atoms with E-state index in [2.05, 4.69) is 16.7 Å². The maximum Gasteiger partial charge on any atom is 0.225 e. The summed E-state index contributed by atoms with van der Waals surface area (Å²) in [5.41, 5.74) is 2.02. The number of benzene rings is 2. The Labute approximate surface area is 201 Å². The molecule has 182 valence electrons. The smallest absolute Gasteiger partial charge is 0.225 e. The van der Waals surface area contributed by atoms with Crippen LogP contribution in [0.3, 0.4) is 0 Å². The fourth-order valence-electron chi connectivity index (χ4n) is 4.65. The van der Waals surface area contributed by atoms with E-state index in [1.165, 1.54) is 0 Å². The molecule has 0 saturated heterocycles. The van der Waals surface area contributed by atoms with Crippen LogP contribution in [0.15, 0.2) is 36.4 Å². The van der Waals surface area contributed by atoms with Crippen molar-refractivity contribution in [3.8, 4) is 17.2 Å². The number of aromatic nitrogens is 2. The van der Waals surface area contributed by atoms with Gasteiger partial charge in [-0.1, -0.05) is 18.2 Å². The van der Waals surface area contributed by atoms with Gasteiger partial charge in [-0.2, -0.15) is 4.98 Å². The maximum atomic E-state index is 5.62. The maximum absolute atomic E-state index is 5.62. The standard InChI is InChI=1S/C26H35N5O3/c1-31(2)25-20-8-6-7-9-21(20)29-26(30-25)28-19-13-11-18(12-14-19)27-16-17-10-15-22(32-3)24(34-5)23(17)33-4/h6-10,15,18-19,27H,11-14,16H2,1-5H3,(H,28,29,30). The quantitative estimate of drug-likeness (QED) is 0.486. The van der Waals surface area contributed by atoms with Crippen LogP contribution in [0.4, 0.5) is 11.8 Å². The van der Waals surface area contributed by atoms with Crippen LogP contribution in [0.25, 0.3) is 10.9 Å². The summed E-state index contributed by atoms with van der Waals surface area (Å²) in [5.74, 6) is 3.66. The second kappa shape index (κ2) is 10.8. The van der Waals surface area contributed by atoms with E-state index < -0.39 is 0 Å². The van der Waals surface area contributed by atoms with Crippen LogP contribution in [-0.2, 0) is 6.54 Å². The second-order valence-electron chi connectivity index (χ2n) is 8.85. The highest BCUT2D eigenvalue weighted by Gasteiger charge is 2.23. The molecule has 1 saturated carbocycles. The molecule has 0 aliphatic heterocycles. The van der Waals surface area contributed by atoms with Crippen molar-refractivity contribution in [1.82, 2.24) is 15.3 Å². The summed E-state index contributed by atoms with van der Waals surface area (Å²) in [4.78, 5) is 11.6. The van der Waals surface area contributed by atoms with Gasteiger partial charge in [-0.05, 0) is 43.9 Å². The summed E-state index contributed by atoms with van der Waals surface area (Å²) in [6.45, 7) is 0.715. The van der Waals surface area contributed by atoms with Gasteiger partial charge in [0.05, 0.1) is 26.8 Å². The molecule has 1 heterocycles.